The molecule has 2 aliphatic carbocycles. The van der Waals surface area contributed by atoms with Gasteiger partial charge >= 0.3 is 0 Å². The summed E-state index contributed by atoms with van der Waals surface area (Å²) >= 11 is 2.12. The summed E-state index contributed by atoms with van der Waals surface area (Å²) in [6, 6.07) is 2.90. The minimum atomic E-state index is -0.272. The van der Waals surface area contributed by atoms with Crippen LogP contribution in [-0.2, 0) is 6.42 Å². The van der Waals surface area contributed by atoms with Gasteiger partial charge in [-0.2, -0.15) is 11.8 Å². The van der Waals surface area contributed by atoms with E-state index in [4.69, 9.17) is 0 Å². The molecule has 0 amide bonds. The van der Waals surface area contributed by atoms with Crippen LogP contribution in [0.4, 0.5) is 0 Å². The second-order valence-electron chi connectivity index (χ2n) is 7.66. The van der Waals surface area contributed by atoms with Crippen LogP contribution in [0.25, 0.3) is 0 Å². The lowest BCUT2D eigenvalue weighted by atomic mass is 9.75. The van der Waals surface area contributed by atoms with Gasteiger partial charge < -0.3 is 9.67 Å². The molecule has 3 atom stereocenters. The average molecular weight is 308 g/mol. The fraction of sp³-hybridized carbons (Fsp3) is 0.778. The zero-order valence-corrected chi connectivity index (χ0v) is 14.7. The second kappa shape index (κ2) is 5.66. The summed E-state index contributed by atoms with van der Waals surface area (Å²) in [6.07, 6.45) is 5.68. The molecule has 21 heavy (non-hydrogen) atoms. The minimum absolute atomic E-state index is 0.213. The summed E-state index contributed by atoms with van der Waals surface area (Å²) in [6.45, 7) is 9.06. The summed E-state index contributed by atoms with van der Waals surface area (Å²) in [7, 11) is 0. The highest BCUT2D eigenvalue weighted by molar-refractivity contribution is 7.99. The number of hydrogen-bond donors (Lipinski definition) is 1. The Morgan fingerprint density at radius 2 is 2.14 bits per heavy atom. The quantitative estimate of drug-likeness (QED) is 0.879. The molecule has 0 aromatic carbocycles. The highest BCUT2D eigenvalue weighted by atomic mass is 32.2. The van der Waals surface area contributed by atoms with Gasteiger partial charge in [-0.1, -0.05) is 20.8 Å². The summed E-state index contributed by atoms with van der Waals surface area (Å²) in [5.74, 6) is 1.23. The number of aromatic nitrogens is 1. The van der Waals surface area contributed by atoms with Crippen molar-refractivity contribution in [2.75, 3.05) is 5.75 Å². The van der Waals surface area contributed by atoms with Crippen molar-refractivity contribution in [3.05, 3.63) is 23.0 Å². The Hall–Kier alpha value is -0.410. The van der Waals surface area contributed by atoms with E-state index in [1.54, 1.807) is 0 Å². The first-order valence-corrected chi connectivity index (χ1v) is 9.46. The standard InChI is InChI=1S/C18H29NOS/c1-5-21-14-7-6-13(9-14)19-12(2)8-15-16(19)10-18(3,4)11-17(15)20/h8,13-14,17,20H,5-7,9-11H2,1-4H3. The summed E-state index contributed by atoms with van der Waals surface area (Å²) in [5, 5.41) is 11.3. The molecule has 2 nitrogen and oxygen atoms in total. The molecule has 0 radical (unpaired) electrons. The van der Waals surface area contributed by atoms with E-state index in [1.807, 2.05) is 0 Å². The van der Waals surface area contributed by atoms with Gasteiger partial charge in [0.05, 0.1) is 6.10 Å². The molecule has 1 heterocycles. The van der Waals surface area contributed by atoms with Crippen molar-refractivity contribution in [1.82, 2.24) is 4.57 Å². The zero-order valence-electron chi connectivity index (χ0n) is 13.9. The molecule has 0 bridgehead atoms. The molecule has 3 heteroatoms. The van der Waals surface area contributed by atoms with Crippen LogP contribution in [0.15, 0.2) is 6.07 Å². The number of fused-ring (bicyclic) bond motifs is 1. The maximum Gasteiger partial charge on any atom is 0.0812 e. The molecule has 2 aliphatic rings. The van der Waals surface area contributed by atoms with E-state index in [0.29, 0.717) is 6.04 Å². The van der Waals surface area contributed by atoms with E-state index in [0.717, 1.165) is 18.1 Å². The average Bonchev–Trinajstić information content (AvgIpc) is 2.93. The fourth-order valence-electron chi connectivity index (χ4n) is 4.41. The topological polar surface area (TPSA) is 25.2 Å². The van der Waals surface area contributed by atoms with E-state index >= 15 is 0 Å². The Kier molecular flexibility index (Phi) is 4.17. The van der Waals surface area contributed by atoms with E-state index in [2.05, 4.69) is 50.1 Å². The van der Waals surface area contributed by atoms with Crippen LogP contribution in [0.3, 0.4) is 0 Å². The Morgan fingerprint density at radius 3 is 2.86 bits per heavy atom. The highest BCUT2D eigenvalue weighted by Gasteiger charge is 2.36. The largest absolute Gasteiger partial charge is 0.388 e. The summed E-state index contributed by atoms with van der Waals surface area (Å²) in [5.41, 5.74) is 4.19. The van der Waals surface area contributed by atoms with Crippen LogP contribution in [0.2, 0.25) is 0 Å². The van der Waals surface area contributed by atoms with Gasteiger partial charge in [0.15, 0.2) is 0 Å². The van der Waals surface area contributed by atoms with Crippen LogP contribution in [0, 0.1) is 12.3 Å². The van der Waals surface area contributed by atoms with Gasteiger partial charge in [0.25, 0.3) is 0 Å². The molecule has 0 saturated heterocycles. The Labute approximate surface area is 133 Å². The number of aliphatic hydroxyl groups is 1. The molecule has 1 aromatic rings. The number of aliphatic hydroxyl groups excluding tert-OH is 1. The van der Waals surface area contributed by atoms with Gasteiger partial charge in [0, 0.05) is 28.2 Å². The Bertz CT molecular complexity index is 520. The predicted molar refractivity (Wildman–Crippen MR) is 91.0 cm³/mol. The van der Waals surface area contributed by atoms with Crippen LogP contribution >= 0.6 is 11.8 Å². The lowest BCUT2D eigenvalue weighted by Crippen LogP contribution is -2.27. The van der Waals surface area contributed by atoms with Crippen LogP contribution in [0.1, 0.15) is 75.6 Å². The van der Waals surface area contributed by atoms with Gasteiger partial charge in [0.1, 0.15) is 0 Å². The predicted octanol–water partition coefficient (Wildman–Crippen LogP) is 4.65. The molecular formula is C18H29NOS. The fourth-order valence-corrected chi connectivity index (χ4v) is 5.54. The molecule has 0 aliphatic heterocycles. The van der Waals surface area contributed by atoms with Gasteiger partial charge in [-0.05, 0) is 56.3 Å². The molecule has 1 aromatic heterocycles. The normalized spacial score (nSPS) is 31.4. The van der Waals surface area contributed by atoms with Gasteiger partial charge in [-0.25, -0.2) is 0 Å². The van der Waals surface area contributed by atoms with Gasteiger partial charge in [0.2, 0.25) is 0 Å². The summed E-state index contributed by atoms with van der Waals surface area (Å²) < 4.78 is 2.58. The van der Waals surface area contributed by atoms with Crippen molar-refractivity contribution in [1.29, 1.82) is 0 Å². The maximum absolute atomic E-state index is 10.5. The lowest BCUT2D eigenvalue weighted by Gasteiger charge is -2.35. The van der Waals surface area contributed by atoms with Crippen molar-refractivity contribution in [2.45, 2.75) is 77.2 Å². The smallest absolute Gasteiger partial charge is 0.0812 e. The van der Waals surface area contributed by atoms with Crippen molar-refractivity contribution in [3.63, 3.8) is 0 Å². The summed E-state index contributed by atoms with van der Waals surface area (Å²) in [4.78, 5) is 0. The Balaban J connectivity index is 1.90. The van der Waals surface area contributed by atoms with E-state index < -0.39 is 0 Å². The van der Waals surface area contributed by atoms with E-state index in [-0.39, 0.29) is 11.5 Å². The first-order chi connectivity index (χ1) is 9.91. The lowest BCUT2D eigenvalue weighted by molar-refractivity contribution is 0.0974. The Morgan fingerprint density at radius 1 is 1.38 bits per heavy atom. The van der Waals surface area contributed by atoms with Crippen molar-refractivity contribution in [2.24, 2.45) is 5.41 Å². The third-order valence-corrected chi connectivity index (χ3v) is 6.48. The third kappa shape index (κ3) is 2.92. The highest BCUT2D eigenvalue weighted by Crippen LogP contribution is 2.45. The number of nitrogens with zero attached hydrogens (tertiary/aromatic N) is 1. The molecule has 0 spiro atoms. The van der Waals surface area contributed by atoms with E-state index in [9.17, 15) is 5.11 Å². The van der Waals surface area contributed by atoms with Gasteiger partial charge in [-0.3, -0.25) is 0 Å². The molecule has 3 unspecified atom stereocenters. The van der Waals surface area contributed by atoms with Gasteiger partial charge in [-0.15, -0.1) is 0 Å². The number of rotatable bonds is 3. The first kappa shape index (κ1) is 15.5. The molecule has 1 saturated carbocycles. The maximum atomic E-state index is 10.5. The monoisotopic (exact) mass is 307 g/mol. The van der Waals surface area contributed by atoms with Crippen molar-refractivity contribution < 1.29 is 5.11 Å². The van der Waals surface area contributed by atoms with Crippen molar-refractivity contribution >= 4 is 11.8 Å². The first-order valence-electron chi connectivity index (χ1n) is 8.41. The third-order valence-electron chi connectivity index (χ3n) is 5.24. The molecular weight excluding hydrogens is 278 g/mol. The molecule has 1 fully saturated rings. The SMILES string of the molecule is CCSC1CCC(n2c(C)cc3c2CC(C)(C)CC3O)C1. The van der Waals surface area contributed by atoms with Crippen molar-refractivity contribution in [3.8, 4) is 0 Å². The molecule has 3 rings (SSSR count). The van der Waals surface area contributed by atoms with Crippen LogP contribution < -0.4 is 0 Å². The van der Waals surface area contributed by atoms with Crippen LogP contribution in [-0.4, -0.2) is 20.7 Å². The van der Waals surface area contributed by atoms with E-state index in [1.165, 1.54) is 42.0 Å². The second-order valence-corrected chi connectivity index (χ2v) is 9.24. The minimum Gasteiger partial charge on any atom is -0.388 e. The number of hydrogen-bond acceptors (Lipinski definition) is 2. The van der Waals surface area contributed by atoms with Crippen LogP contribution in [0.5, 0.6) is 0 Å². The molecule has 118 valence electrons. The number of aryl methyl sites for hydroxylation is 1. The number of thioether (sulfide) groups is 1. The molecule has 1 N–H and O–H groups in total. The zero-order chi connectivity index (χ0) is 15.2.